The third-order valence-electron chi connectivity index (χ3n) is 2.47. The molecule has 0 heterocycles. The average Bonchev–Trinajstić information content (AvgIpc) is 3.09. The van der Waals surface area contributed by atoms with E-state index in [9.17, 15) is 4.79 Å². The fourth-order valence-electron chi connectivity index (χ4n) is 1.31. The van der Waals surface area contributed by atoms with Gasteiger partial charge in [-0.1, -0.05) is 15.9 Å². The van der Waals surface area contributed by atoms with Crippen LogP contribution in [0.15, 0.2) is 28.7 Å². The summed E-state index contributed by atoms with van der Waals surface area (Å²) in [6.45, 7) is 0.886. The van der Waals surface area contributed by atoms with E-state index < -0.39 is 0 Å². The molecule has 1 amide bonds. The van der Waals surface area contributed by atoms with E-state index in [4.69, 9.17) is 4.74 Å². The van der Waals surface area contributed by atoms with Crippen molar-refractivity contribution in [2.75, 3.05) is 13.2 Å². The maximum atomic E-state index is 11.4. The van der Waals surface area contributed by atoms with Crippen LogP contribution in [-0.4, -0.2) is 19.1 Å². The molecular formula is C12H14BrNO2. The first-order valence-electron chi connectivity index (χ1n) is 5.39. The summed E-state index contributed by atoms with van der Waals surface area (Å²) in [5, 5.41) is 2.85. The molecule has 2 rings (SSSR count). The largest absolute Gasteiger partial charge is 0.484 e. The molecule has 1 N–H and O–H groups in total. The van der Waals surface area contributed by atoms with Crippen LogP contribution in [0.1, 0.15) is 12.8 Å². The van der Waals surface area contributed by atoms with Crippen molar-refractivity contribution in [2.45, 2.75) is 12.8 Å². The molecule has 0 aliphatic heterocycles. The first-order chi connectivity index (χ1) is 7.74. The van der Waals surface area contributed by atoms with Crippen LogP contribution >= 0.6 is 15.9 Å². The van der Waals surface area contributed by atoms with Crippen molar-refractivity contribution >= 4 is 21.8 Å². The van der Waals surface area contributed by atoms with Gasteiger partial charge in [0.25, 0.3) is 5.91 Å². The van der Waals surface area contributed by atoms with Gasteiger partial charge in [-0.3, -0.25) is 4.79 Å². The number of ether oxygens (including phenoxy) is 1. The topological polar surface area (TPSA) is 38.3 Å². The number of hydrogen-bond donors (Lipinski definition) is 1. The van der Waals surface area contributed by atoms with Crippen LogP contribution in [-0.2, 0) is 4.79 Å². The summed E-state index contributed by atoms with van der Waals surface area (Å²) in [5.74, 6) is 1.37. The number of hydrogen-bond acceptors (Lipinski definition) is 2. The van der Waals surface area contributed by atoms with E-state index in [2.05, 4.69) is 21.2 Å². The average molecular weight is 284 g/mol. The second-order valence-corrected chi connectivity index (χ2v) is 4.91. The number of rotatable bonds is 5. The van der Waals surface area contributed by atoms with E-state index in [1.165, 1.54) is 12.8 Å². The van der Waals surface area contributed by atoms with Gasteiger partial charge in [-0.05, 0) is 43.0 Å². The van der Waals surface area contributed by atoms with Crippen LogP contribution in [0.25, 0.3) is 0 Å². The lowest BCUT2D eigenvalue weighted by molar-refractivity contribution is -0.123. The summed E-state index contributed by atoms with van der Waals surface area (Å²) < 4.78 is 6.34. The van der Waals surface area contributed by atoms with Crippen LogP contribution in [0.4, 0.5) is 0 Å². The fraction of sp³-hybridized carbons (Fsp3) is 0.417. The van der Waals surface area contributed by atoms with Gasteiger partial charge in [-0.2, -0.15) is 0 Å². The molecule has 1 aromatic carbocycles. The third-order valence-corrected chi connectivity index (χ3v) is 3.00. The van der Waals surface area contributed by atoms with Crippen molar-refractivity contribution in [3.63, 3.8) is 0 Å². The zero-order valence-electron chi connectivity index (χ0n) is 8.91. The highest BCUT2D eigenvalue weighted by Crippen LogP contribution is 2.27. The van der Waals surface area contributed by atoms with E-state index in [-0.39, 0.29) is 12.5 Å². The first-order valence-corrected chi connectivity index (χ1v) is 6.18. The summed E-state index contributed by atoms with van der Waals surface area (Å²) >= 11 is 3.34. The molecule has 0 unspecified atom stereocenters. The Kier molecular flexibility index (Phi) is 3.83. The summed E-state index contributed by atoms with van der Waals surface area (Å²) in [6.07, 6.45) is 2.49. The van der Waals surface area contributed by atoms with Crippen molar-refractivity contribution < 1.29 is 9.53 Å². The van der Waals surface area contributed by atoms with Crippen molar-refractivity contribution in [1.82, 2.24) is 5.32 Å². The minimum Gasteiger partial charge on any atom is -0.484 e. The fourth-order valence-corrected chi connectivity index (χ4v) is 1.58. The summed E-state index contributed by atoms with van der Waals surface area (Å²) in [6, 6.07) is 7.44. The molecular weight excluding hydrogens is 270 g/mol. The summed E-state index contributed by atoms with van der Waals surface area (Å²) in [4.78, 5) is 11.4. The van der Waals surface area contributed by atoms with Crippen LogP contribution in [0, 0.1) is 5.92 Å². The normalized spacial score (nSPS) is 14.6. The van der Waals surface area contributed by atoms with E-state index in [1.54, 1.807) is 0 Å². The lowest BCUT2D eigenvalue weighted by Crippen LogP contribution is -2.30. The molecule has 0 spiro atoms. The van der Waals surface area contributed by atoms with Gasteiger partial charge in [-0.15, -0.1) is 0 Å². The molecule has 86 valence electrons. The van der Waals surface area contributed by atoms with Crippen molar-refractivity contribution in [1.29, 1.82) is 0 Å². The summed E-state index contributed by atoms with van der Waals surface area (Å²) in [5.41, 5.74) is 0. The zero-order chi connectivity index (χ0) is 11.4. The van der Waals surface area contributed by atoms with Gasteiger partial charge in [-0.25, -0.2) is 0 Å². The number of benzene rings is 1. The first kappa shape index (κ1) is 11.5. The Morgan fingerprint density at radius 2 is 2.06 bits per heavy atom. The van der Waals surface area contributed by atoms with Crippen LogP contribution in [0.5, 0.6) is 5.75 Å². The van der Waals surface area contributed by atoms with Crippen molar-refractivity contribution in [3.05, 3.63) is 28.7 Å². The smallest absolute Gasteiger partial charge is 0.257 e. The molecule has 0 atom stereocenters. The SMILES string of the molecule is O=C(COc1ccc(Br)cc1)NCC1CC1. The molecule has 0 saturated heterocycles. The molecule has 0 bridgehead atoms. The van der Waals surface area contributed by atoms with Crippen LogP contribution in [0.2, 0.25) is 0 Å². The highest BCUT2D eigenvalue weighted by molar-refractivity contribution is 9.10. The molecule has 0 aromatic heterocycles. The van der Waals surface area contributed by atoms with Gasteiger partial charge in [0.15, 0.2) is 6.61 Å². The minimum atomic E-state index is -0.0465. The van der Waals surface area contributed by atoms with Gasteiger partial charge >= 0.3 is 0 Å². The van der Waals surface area contributed by atoms with Crippen LogP contribution < -0.4 is 10.1 Å². The third kappa shape index (κ3) is 3.85. The standard InChI is InChI=1S/C12H14BrNO2/c13-10-3-5-11(6-4-10)16-8-12(15)14-7-9-1-2-9/h3-6,9H,1-2,7-8H2,(H,14,15). The maximum Gasteiger partial charge on any atom is 0.257 e. The number of amides is 1. The number of nitrogens with one attached hydrogen (secondary N) is 1. The monoisotopic (exact) mass is 283 g/mol. The number of halogens is 1. The Balaban J connectivity index is 1.69. The molecule has 1 aromatic rings. The Hall–Kier alpha value is -1.03. The van der Waals surface area contributed by atoms with E-state index in [1.807, 2.05) is 24.3 Å². The lowest BCUT2D eigenvalue weighted by atomic mass is 10.3. The van der Waals surface area contributed by atoms with E-state index in [0.717, 1.165) is 11.0 Å². The van der Waals surface area contributed by atoms with Gasteiger partial charge in [0, 0.05) is 11.0 Å². The molecule has 3 nitrogen and oxygen atoms in total. The quantitative estimate of drug-likeness (QED) is 0.901. The number of carbonyl (C=O) groups is 1. The second kappa shape index (κ2) is 5.34. The maximum absolute atomic E-state index is 11.4. The van der Waals surface area contributed by atoms with Gasteiger partial charge in [0.2, 0.25) is 0 Å². The van der Waals surface area contributed by atoms with Gasteiger partial charge in [0.05, 0.1) is 0 Å². The predicted octanol–water partition coefficient (Wildman–Crippen LogP) is 2.35. The molecule has 0 radical (unpaired) electrons. The van der Waals surface area contributed by atoms with E-state index >= 15 is 0 Å². The summed E-state index contributed by atoms with van der Waals surface area (Å²) in [7, 11) is 0. The Labute approximate surface area is 103 Å². The Bertz CT molecular complexity index is 360. The molecule has 16 heavy (non-hydrogen) atoms. The number of carbonyl (C=O) groups excluding carboxylic acids is 1. The van der Waals surface area contributed by atoms with Crippen LogP contribution in [0.3, 0.4) is 0 Å². The van der Waals surface area contributed by atoms with Crippen molar-refractivity contribution in [3.8, 4) is 5.75 Å². The lowest BCUT2D eigenvalue weighted by Gasteiger charge is -2.06. The predicted molar refractivity (Wildman–Crippen MR) is 65.4 cm³/mol. The Morgan fingerprint density at radius 3 is 2.69 bits per heavy atom. The molecule has 1 fully saturated rings. The molecule has 1 saturated carbocycles. The molecule has 1 aliphatic rings. The van der Waals surface area contributed by atoms with Gasteiger partial charge in [0.1, 0.15) is 5.75 Å². The van der Waals surface area contributed by atoms with Crippen molar-refractivity contribution in [2.24, 2.45) is 5.92 Å². The molecule has 4 heteroatoms. The second-order valence-electron chi connectivity index (χ2n) is 3.99. The van der Waals surface area contributed by atoms with Gasteiger partial charge < -0.3 is 10.1 Å². The zero-order valence-corrected chi connectivity index (χ0v) is 10.5. The minimum absolute atomic E-state index is 0.0465. The Morgan fingerprint density at radius 1 is 1.38 bits per heavy atom. The highest BCUT2D eigenvalue weighted by Gasteiger charge is 2.21. The van der Waals surface area contributed by atoms with E-state index in [0.29, 0.717) is 11.7 Å². The molecule has 1 aliphatic carbocycles. The highest BCUT2D eigenvalue weighted by atomic mass is 79.9.